The molecule has 5 nitrogen and oxygen atoms in total. The van der Waals surface area contributed by atoms with Gasteiger partial charge in [-0.1, -0.05) is 72.2 Å². The quantitative estimate of drug-likeness (QED) is 0.271. The first-order valence-corrected chi connectivity index (χ1v) is 11.4. The number of aliphatic imine (C=N–C) groups is 1. The van der Waals surface area contributed by atoms with E-state index in [4.69, 9.17) is 14.2 Å². The normalized spacial score (nSPS) is 14.4. The van der Waals surface area contributed by atoms with Gasteiger partial charge in [0.1, 0.15) is 6.61 Å². The number of hydrogen-bond acceptors (Lipinski definition) is 5. The van der Waals surface area contributed by atoms with Gasteiger partial charge in [-0.05, 0) is 41.8 Å². The van der Waals surface area contributed by atoms with E-state index in [1.54, 1.807) is 13.2 Å². The first-order valence-electron chi connectivity index (χ1n) is 10.6. The van der Waals surface area contributed by atoms with Crippen LogP contribution in [-0.4, -0.2) is 19.0 Å². The second-order valence-corrected chi connectivity index (χ2v) is 8.73. The predicted molar refractivity (Wildman–Crippen MR) is 133 cm³/mol. The lowest BCUT2D eigenvalue weighted by molar-refractivity contribution is -0.129. The van der Waals surface area contributed by atoms with Crippen molar-refractivity contribution in [2.24, 2.45) is 4.99 Å². The molecule has 1 heterocycles. The van der Waals surface area contributed by atoms with E-state index in [1.807, 2.05) is 66.7 Å². The van der Waals surface area contributed by atoms with Crippen molar-refractivity contribution in [1.82, 2.24) is 0 Å². The van der Waals surface area contributed by atoms with Crippen molar-refractivity contribution in [1.29, 1.82) is 0 Å². The SMILES string of the molecule is COc1cccc(/C=C2\N=C(c3ccc(C(C)C)cc3)OC2=O)c1OCc1ccccc1Br. The molecule has 0 amide bonds. The molecular weight excluding hydrogens is 482 g/mol. The van der Waals surface area contributed by atoms with Crippen LogP contribution in [0, 0.1) is 0 Å². The fourth-order valence-corrected chi connectivity index (χ4v) is 3.82. The van der Waals surface area contributed by atoms with E-state index in [2.05, 4.69) is 34.8 Å². The molecule has 0 saturated carbocycles. The average Bonchev–Trinajstić information content (AvgIpc) is 3.19. The largest absolute Gasteiger partial charge is 0.493 e. The van der Waals surface area contributed by atoms with Crippen LogP contribution in [-0.2, 0) is 16.1 Å². The summed E-state index contributed by atoms with van der Waals surface area (Å²) in [6.07, 6.45) is 1.66. The third kappa shape index (κ3) is 5.17. The number of methoxy groups -OCH3 is 1. The van der Waals surface area contributed by atoms with Crippen molar-refractivity contribution in [2.75, 3.05) is 7.11 Å². The zero-order chi connectivity index (χ0) is 23.4. The molecule has 0 fully saturated rings. The number of carbonyl (C=O) groups excluding carboxylic acids is 1. The summed E-state index contributed by atoms with van der Waals surface area (Å²) < 4.78 is 18.0. The number of cyclic esters (lactones) is 1. The summed E-state index contributed by atoms with van der Waals surface area (Å²) in [4.78, 5) is 17.0. The van der Waals surface area contributed by atoms with Crippen LogP contribution in [0.15, 0.2) is 81.9 Å². The van der Waals surface area contributed by atoms with E-state index < -0.39 is 5.97 Å². The third-order valence-electron chi connectivity index (χ3n) is 5.30. The topological polar surface area (TPSA) is 57.1 Å². The van der Waals surface area contributed by atoms with Crippen LogP contribution >= 0.6 is 15.9 Å². The summed E-state index contributed by atoms with van der Waals surface area (Å²) in [7, 11) is 1.58. The summed E-state index contributed by atoms with van der Waals surface area (Å²) in [5.74, 6) is 1.31. The molecule has 0 spiro atoms. The monoisotopic (exact) mass is 505 g/mol. The molecule has 3 aromatic carbocycles. The van der Waals surface area contributed by atoms with Gasteiger partial charge in [-0.3, -0.25) is 0 Å². The number of halogens is 1. The molecule has 168 valence electrons. The van der Waals surface area contributed by atoms with Crippen molar-refractivity contribution in [3.05, 3.63) is 99.2 Å². The van der Waals surface area contributed by atoms with Crippen molar-refractivity contribution in [2.45, 2.75) is 26.4 Å². The number of rotatable bonds is 7. The van der Waals surface area contributed by atoms with Crippen molar-refractivity contribution in [3.8, 4) is 11.5 Å². The number of para-hydroxylation sites is 1. The van der Waals surface area contributed by atoms with Gasteiger partial charge in [-0.2, -0.15) is 0 Å². The van der Waals surface area contributed by atoms with E-state index in [9.17, 15) is 4.79 Å². The molecular formula is C27H24BrNO4. The van der Waals surface area contributed by atoms with E-state index >= 15 is 0 Å². The molecule has 6 heteroatoms. The Morgan fingerprint density at radius 3 is 2.48 bits per heavy atom. The molecule has 33 heavy (non-hydrogen) atoms. The minimum absolute atomic E-state index is 0.205. The highest BCUT2D eigenvalue weighted by molar-refractivity contribution is 9.10. The molecule has 0 atom stereocenters. The van der Waals surface area contributed by atoms with Gasteiger partial charge in [0.2, 0.25) is 5.90 Å². The van der Waals surface area contributed by atoms with E-state index in [0.717, 1.165) is 15.6 Å². The van der Waals surface area contributed by atoms with Gasteiger partial charge in [-0.15, -0.1) is 0 Å². The summed E-state index contributed by atoms with van der Waals surface area (Å²) >= 11 is 3.54. The molecule has 0 saturated heterocycles. The second-order valence-electron chi connectivity index (χ2n) is 7.87. The Morgan fingerprint density at radius 2 is 1.79 bits per heavy atom. The standard InChI is InChI=1S/C27H24BrNO4/c1-17(2)18-11-13-19(14-12-18)26-29-23(27(30)33-26)15-20-8-6-10-24(31-3)25(20)32-16-21-7-4-5-9-22(21)28/h4-15,17H,16H2,1-3H3/b23-15-. The molecule has 0 radical (unpaired) electrons. The van der Waals surface area contributed by atoms with Crippen molar-refractivity contribution in [3.63, 3.8) is 0 Å². The Hall–Kier alpha value is -3.38. The van der Waals surface area contributed by atoms with Gasteiger partial charge in [0, 0.05) is 21.2 Å². The maximum atomic E-state index is 12.5. The molecule has 3 aromatic rings. The molecule has 0 unspecified atom stereocenters. The fourth-order valence-electron chi connectivity index (χ4n) is 3.42. The maximum absolute atomic E-state index is 12.5. The molecule has 0 N–H and O–H groups in total. The van der Waals surface area contributed by atoms with Crippen LogP contribution in [0.1, 0.15) is 42.0 Å². The first kappa shape index (κ1) is 22.8. The van der Waals surface area contributed by atoms with Crippen molar-refractivity contribution >= 4 is 33.9 Å². The Labute approximate surface area is 201 Å². The molecule has 1 aliphatic heterocycles. The lowest BCUT2D eigenvalue weighted by atomic mass is 10.0. The van der Waals surface area contributed by atoms with E-state index in [-0.39, 0.29) is 5.70 Å². The van der Waals surface area contributed by atoms with Crippen molar-refractivity contribution < 1.29 is 19.0 Å². The molecule has 1 aliphatic rings. The summed E-state index contributed by atoms with van der Waals surface area (Å²) in [6.45, 7) is 4.60. The van der Waals surface area contributed by atoms with Crippen LogP contribution < -0.4 is 9.47 Å². The van der Waals surface area contributed by atoms with Gasteiger partial charge in [0.25, 0.3) is 0 Å². The molecule has 4 rings (SSSR count). The van der Waals surface area contributed by atoms with Gasteiger partial charge in [0.15, 0.2) is 17.2 Å². The Kier molecular flexibility index (Phi) is 6.94. The lowest BCUT2D eigenvalue weighted by Crippen LogP contribution is -2.05. The van der Waals surface area contributed by atoms with Crippen LogP contribution in [0.2, 0.25) is 0 Å². The number of ether oxygens (including phenoxy) is 3. The Bertz CT molecular complexity index is 1230. The van der Waals surface area contributed by atoms with Gasteiger partial charge >= 0.3 is 5.97 Å². The minimum Gasteiger partial charge on any atom is -0.493 e. The van der Waals surface area contributed by atoms with Crippen LogP contribution in [0.5, 0.6) is 11.5 Å². The highest BCUT2D eigenvalue weighted by Crippen LogP contribution is 2.34. The second kappa shape index (κ2) is 10.0. The summed E-state index contributed by atoms with van der Waals surface area (Å²) in [6, 6.07) is 21.2. The van der Waals surface area contributed by atoms with Crippen LogP contribution in [0.4, 0.5) is 0 Å². The zero-order valence-electron chi connectivity index (χ0n) is 18.7. The van der Waals surface area contributed by atoms with Gasteiger partial charge in [0.05, 0.1) is 7.11 Å². The minimum atomic E-state index is -0.502. The highest BCUT2D eigenvalue weighted by Gasteiger charge is 2.25. The van der Waals surface area contributed by atoms with E-state index in [0.29, 0.717) is 35.5 Å². The predicted octanol–water partition coefficient (Wildman–Crippen LogP) is 6.50. The van der Waals surface area contributed by atoms with Crippen LogP contribution in [0.25, 0.3) is 6.08 Å². The summed E-state index contributed by atoms with van der Waals surface area (Å²) in [5, 5.41) is 0. The van der Waals surface area contributed by atoms with Crippen LogP contribution in [0.3, 0.4) is 0 Å². The molecule has 0 aliphatic carbocycles. The number of esters is 1. The summed E-state index contributed by atoms with van der Waals surface area (Å²) in [5.41, 5.74) is 3.84. The number of benzene rings is 3. The fraction of sp³-hybridized carbons (Fsp3) is 0.185. The van der Waals surface area contributed by atoms with Gasteiger partial charge < -0.3 is 14.2 Å². The Balaban J connectivity index is 1.63. The zero-order valence-corrected chi connectivity index (χ0v) is 20.3. The Morgan fingerprint density at radius 1 is 1.03 bits per heavy atom. The number of carbonyl (C=O) groups is 1. The third-order valence-corrected chi connectivity index (χ3v) is 6.07. The lowest BCUT2D eigenvalue weighted by Gasteiger charge is -2.14. The average molecular weight is 506 g/mol. The number of nitrogens with zero attached hydrogens (tertiary/aromatic N) is 1. The highest BCUT2D eigenvalue weighted by atomic mass is 79.9. The number of hydrogen-bond donors (Lipinski definition) is 0. The molecule has 0 bridgehead atoms. The van der Waals surface area contributed by atoms with E-state index in [1.165, 1.54) is 5.56 Å². The molecule has 0 aromatic heterocycles. The first-order chi connectivity index (χ1) is 16.0. The van der Waals surface area contributed by atoms with Gasteiger partial charge in [-0.25, -0.2) is 9.79 Å². The smallest absolute Gasteiger partial charge is 0.363 e. The maximum Gasteiger partial charge on any atom is 0.363 e.